The lowest BCUT2D eigenvalue weighted by Crippen LogP contribution is -2.57. The Bertz CT molecular complexity index is 717. The summed E-state index contributed by atoms with van der Waals surface area (Å²) in [7, 11) is 0. The van der Waals surface area contributed by atoms with Gasteiger partial charge in [0, 0.05) is 12.6 Å². The van der Waals surface area contributed by atoms with Crippen molar-refractivity contribution in [2.75, 3.05) is 19.6 Å². The van der Waals surface area contributed by atoms with Crippen molar-refractivity contribution in [2.45, 2.75) is 18.9 Å². The Morgan fingerprint density at radius 1 is 1.17 bits per heavy atom. The number of para-hydroxylation sites is 1. The Balaban J connectivity index is 1.48. The third-order valence-corrected chi connectivity index (χ3v) is 4.97. The molecular formula is C18H20N2O3. The lowest BCUT2D eigenvalue weighted by Gasteiger charge is -2.44. The molecule has 3 saturated heterocycles. The number of nitrogens with one attached hydrogen (secondary N) is 1. The van der Waals surface area contributed by atoms with Gasteiger partial charge in [-0.1, -0.05) is 12.1 Å². The van der Waals surface area contributed by atoms with Gasteiger partial charge in [0.25, 0.3) is 5.91 Å². The number of furan rings is 1. The van der Waals surface area contributed by atoms with E-state index >= 15 is 0 Å². The van der Waals surface area contributed by atoms with Crippen LogP contribution in [0.1, 0.15) is 23.4 Å². The second kappa shape index (κ2) is 5.74. The smallest absolute Gasteiger partial charge is 0.287 e. The van der Waals surface area contributed by atoms with E-state index < -0.39 is 0 Å². The minimum absolute atomic E-state index is 0.145. The van der Waals surface area contributed by atoms with Crippen LogP contribution in [0.4, 0.5) is 0 Å². The van der Waals surface area contributed by atoms with Gasteiger partial charge in [0.05, 0.1) is 5.56 Å². The first-order chi connectivity index (χ1) is 11.2. The molecule has 4 heterocycles. The standard InChI is InChI=1S/C18H20N2O3/c21-15-4-2-1-3-13(15)16-5-6-17(23-16)18(22)19-14-11-20-9-7-12(14)8-10-20/h1-6,12,14,21H,7-11H2,(H,19,22). The number of phenols is 1. The molecule has 5 rings (SSSR count). The zero-order valence-corrected chi connectivity index (χ0v) is 12.9. The maximum atomic E-state index is 12.4. The molecule has 1 aromatic carbocycles. The predicted molar refractivity (Wildman–Crippen MR) is 86.2 cm³/mol. The van der Waals surface area contributed by atoms with E-state index in [0.29, 0.717) is 23.0 Å². The topological polar surface area (TPSA) is 65.7 Å². The van der Waals surface area contributed by atoms with Crippen molar-refractivity contribution in [3.05, 3.63) is 42.2 Å². The van der Waals surface area contributed by atoms with E-state index in [-0.39, 0.29) is 17.7 Å². The number of hydrogen-bond donors (Lipinski definition) is 2. The highest BCUT2D eigenvalue weighted by atomic mass is 16.4. The average Bonchev–Trinajstić information content (AvgIpc) is 3.06. The van der Waals surface area contributed by atoms with Gasteiger partial charge in [-0.3, -0.25) is 4.79 Å². The Kier molecular flexibility index (Phi) is 3.58. The maximum absolute atomic E-state index is 12.4. The Morgan fingerprint density at radius 2 is 1.96 bits per heavy atom. The first-order valence-corrected chi connectivity index (χ1v) is 8.12. The molecule has 3 aliphatic heterocycles. The summed E-state index contributed by atoms with van der Waals surface area (Å²) in [6.45, 7) is 3.23. The number of fused-ring (bicyclic) bond motifs is 3. The van der Waals surface area contributed by atoms with Crippen LogP contribution in [0.2, 0.25) is 0 Å². The molecule has 5 heteroatoms. The summed E-state index contributed by atoms with van der Waals surface area (Å²) in [5.41, 5.74) is 0.592. The number of aromatic hydroxyl groups is 1. The summed E-state index contributed by atoms with van der Waals surface area (Å²) in [4.78, 5) is 14.8. The fourth-order valence-corrected chi connectivity index (χ4v) is 3.65. The van der Waals surface area contributed by atoms with Gasteiger partial charge in [-0.15, -0.1) is 0 Å². The van der Waals surface area contributed by atoms with Crippen molar-refractivity contribution < 1.29 is 14.3 Å². The summed E-state index contributed by atoms with van der Waals surface area (Å²) in [5.74, 6) is 1.34. The molecule has 1 unspecified atom stereocenters. The van der Waals surface area contributed by atoms with Crippen LogP contribution in [0.3, 0.4) is 0 Å². The monoisotopic (exact) mass is 312 g/mol. The van der Waals surface area contributed by atoms with Crippen LogP contribution in [0, 0.1) is 5.92 Å². The van der Waals surface area contributed by atoms with Crippen molar-refractivity contribution in [3.8, 4) is 17.1 Å². The van der Waals surface area contributed by atoms with Crippen LogP contribution >= 0.6 is 0 Å². The van der Waals surface area contributed by atoms with Crippen LogP contribution in [0.15, 0.2) is 40.8 Å². The van der Waals surface area contributed by atoms with Gasteiger partial charge in [-0.2, -0.15) is 0 Å². The molecule has 0 spiro atoms. The van der Waals surface area contributed by atoms with E-state index in [1.54, 1.807) is 30.3 Å². The highest BCUT2D eigenvalue weighted by molar-refractivity contribution is 5.92. The second-order valence-electron chi connectivity index (χ2n) is 6.40. The summed E-state index contributed by atoms with van der Waals surface area (Å²) < 4.78 is 5.65. The van der Waals surface area contributed by atoms with Crippen molar-refractivity contribution in [3.63, 3.8) is 0 Å². The summed E-state index contributed by atoms with van der Waals surface area (Å²) in [5, 5.41) is 13.0. The molecule has 2 N–H and O–H groups in total. The van der Waals surface area contributed by atoms with Crippen LogP contribution < -0.4 is 5.32 Å². The quantitative estimate of drug-likeness (QED) is 0.914. The number of amides is 1. The molecule has 1 amide bonds. The normalized spacial score (nSPS) is 26.2. The van der Waals surface area contributed by atoms with Crippen LogP contribution in [0.25, 0.3) is 11.3 Å². The van der Waals surface area contributed by atoms with Gasteiger partial charge in [0.1, 0.15) is 11.5 Å². The van der Waals surface area contributed by atoms with Crippen molar-refractivity contribution in [1.82, 2.24) is 10.2 Å². The molecular weight excluding hydrogens is 292 g/mol. The van der Waals surface area contributed by atoms with Gasteiger partial charge in [0.15, 0.2) is 5.76 Å². The number of phenolic OH excluding ortho intramolecular Hbond substituents is 1. The molecule has 3 aliphatic rings. The molecule has 120 valence electrons. The molecule has 0 saturated carbocycles. The molecule has 2 bridgehead atoms. The number of carbonyl (C=O) groups excluding carboxylic acids is 1. The highest BCUT2D eigenvalue weighted by Crippen LogP contribution is 2.31. The minimum atomic E-state index is -0.176. The van der Waals surface area contributed by atoms with Gasteiger partial charge in [-0.25, -0.2) is 0 Å². The van der Waals surface area contributed by atoms with Gasteiger partial charge in [-0.05, 0) is 56.1 Å². The van der Waals surface area contributed by atoms with E-state index in [9.17, 15) is 9.90 Å². The fraction of sp³-hybridized carbons (Fsp3) is 0.389. The van der Waals surface area contributed by atoms with Crippen LogP contribution in [0.5, 0.6) is 5.75 Å². The van der Waals surface area contributed by atoms with E-state index in [1.807, 2.05) is 6.07 Å². The summed E-state index contributed by atoms with van der Waals surface area (Å²) in [6.07, 6.45) is 2.32. The molecule has 23 heavy (non-hydrogen) atoms. The third-order valence-electron chi connectivity index (χ3n) is 4.97. The predicted octanol–water partition coefficient (Wildman–Crippen LogP) is 2.48. The summed E-state index contributed by atoms with van der Waals surface area (Å²) >= 11 is 0. The van der Waals surface area contributed by atoms with Crippen molar-refractivity contribution in [1.29, 1.82) is 0 Å². The minimum Gasteiger partial charge on any atom is -0.507 e. The zero-order valence-electron chi connectivity index (χ0n) is 12.9. The largest absolute Gasteiger partial charge is 0.507 e. The molecule has 0 aliphatic carbocycles. The maximum Gasteiger partial charge on any atom is 0.287 e. The molecule has 1 aromatic heterocycles. The Hall–Kier alpha value is -2.27. The molecule has 1 atom stereocenters. The number of carbonyl (C=O) groups is 1. The average molecular weight is 312 g/mol. The highest BCUT2D eigenvalue weighted by Gasteiger charge is 2.35. The first kappa shape index (κ1) is 14.3. The SMILES string of the molecule is O=C(NC1CN2CCC1CC2)c1ccc(-c2ccccc2O)o1. The van der Waals surface area contributed by atoms with Crippen molar-refractivity contribution >= 4 is 5.91 Å². The number of rotatable bonds is 3. The second-order valence-corrected chi connectivity index (χ2v) is 6.40. The van der Waals surface area contributed by atoms with E-state index in [0.717, 1.165) is 32.5 Å². The lowest BCUT2D eigenvalue weighted by atomic mass is 9.84. The summed E-state index contributed by atoms with van der Waals surface area (Å²) in [6, 6.07) is 10.5. The van der Waals surface area contributed by atoms with E-state index in [4.69, 9.17) is 4.42 Å². The third kappa shape index (κ3) is 2.72. The first-order valence-electron chi connectivity index (χ1n) is 8.12. The Morgan fingerprint density at radius 3 is 2.65 bits per heavy atom. The number of nitrogens with zero attached hydrogens (tertiary/aromatic N) is 1. The van der Waals surface area contributed by atoms with Crippen molar-refractivity contribution in [2.24, 2.45) is 5.92 Å². The number of hydrogen-bond acceptors (Lipinski definition) is 4. The van der Waals surface area contributed by atoms with Gasteiger partial charge >= 0.3 is 0 Å². The van der Waals surface area contributed by atoms with Gasteiger partial charge < -0.3 is 19.7 Å². The van der Waals surface area contributed by atoms with Crippen LogP contribution in [-0.2, 0) is 0 Å². The molecule has 2 aromatic rings. The number of piperidine rings is 3. The molecule has 3 fully saturated rings. The van der Waals surface area contributed by atoms with Crippen LogP contribution in [-0.4, -0.2) is 41.6 Å². The molecule has 0 radical (unpaired) electrons. The zero-order chi connectivity index (χ0) is 15.8. The lowest BCUT2D eigenvalue weighted by molar-refractivity contribution is 0.0606. The molecule has 5 nitrogen and oxygen atoms in total. The van der Waals surface area contributed by atoms with E-state index in [2.05, 4.69) is 10.2 Å². The van der Waals surface area contributed by atoms with E-state index in [1.165, 1.54) is 0 Å². The number of benzene rings is 1. The Labute approximate surface area is 134 Å². The fourth-order valence-electron chi connectivity index (χ4n) is 3.65. The van der Waals surface area contributed by atoms with Gasteiger partial charge in [0.2, 0.25) is 0 Å².